The lowest BCUT2D eigenvalue weighted by atomic mass is 10.2. The van der Waals surface area contributed by atoms with Gasteiger partial charge >= 0.3 is 0 Å². The van der Waals surface area contributed by atoms with E-state index in [1.807, 2.05) is 19.1 Å². The van der Waals surface area contributed by atoms with E-state index in [0.29, 0.717) is 16.5 Å². The maximum absolute atomic E-state index is 12.0. The lowest BCUT2D eigenvalue weighted by Gasteiger charge is -2.16. The fourth-order valence-electron chi connectivity index (χ4n) is 2.00. The van der Waals surface area contributed by atoms with Crippen LogP contribution in [-0.4, -0.2) is 24.5 Å². The van der Waals surface area contributed by atoms with E-state index in [9.17, 15) is 9.59 Å². The average molecular weight is 476 g/mol. The van der Waals surface area contributed by atoms with Crippen LogP contribution in [0.15, 0.2) is 40.9 Å². The van der Waals surface area contributed by atoms with E-state index in [2.05, 4.69) is 26.8 Å². The highest BCUT2D eigenvalue weighted by Gasteiger charge is 2.17. The minimum absolute atomic E-state index is 0.249. The van der Waals surface area contributed by atoms with E-state index in [1.54, 1.807) is 18.2 Å². The third kappa shape index (κ3) is 6.61. The molecule has 0 aromatic heterocycles. The van der Waals surface area contributed by atoms with Crippen molar-refractivity contribution in [3.63, 3.8) is 0 Å². The Bertz CT molecular complexity index is 848. The van der Waals surface area contributed by atoms with Crippen LogP contribution in [0.2, 0.25) is 10.0 Å². The molecule has 0 radical (unpaired) electrons. The number of halogens is 3. The summed E-state index contributed by atoms with van der Waals surface area (Å²) in [6.07, 6.45) is -0.890. The van der Waals surface area contributed by atoms with Crippen molar-refractivity contribution in [2.24, 2.45) is 0 Å². The molecule has 144 valence electrons. The Kier molecular flexibility index (Phi) is 7.77. The van der Waals surface area contributed by atoms with Gasteiger partial charge < -0.3 is 9.47 Å². The van der Waals surface area contributed by atoms with Crippen molar-refractivity contribution in [3.05, 3.63) is 56.5 Å². The number of hydrogen-bond acceptors (Lipinski definition) is 4. The summed E-state index contributed by atoms with van der Waals surface area (Å²) in [5.74, 6) is -0.172. The Morgan fingerprint density at radius 3 is 2.48 bits per heavy atom. The van der Waals surface area contributed by atoms with Gasteiger partial charge in [-0.15, -0.1) is 0 Å². The molecule has 0 saturated heterocycles. The molecule has 2 N–H and O–H groups in total. The van der Waals surface area contributed by atoms with E-state index in [-0.39, 0.29) is 11.6 Å². The van der Waals surface area contributed by atoms with Crippen LogP contribution in [-0.2, 0) is 9.59 Å². The average Bonchev–Trinajstić information content (AvgIpc) is 2.61. The maximum atomic E-state index is 12.0. The third-order valence-electron chi connectivity index (χ3n) is 3.39. The summed E-state index contributed by atoms with van der Waals surface area (Å²) in [7, 11) is 0. The molecular formula is C18H17BrCl2N2O4. The van der Waals surface area contributed by atoms with Crippen LogP contribution in [0.3, 0.4) is 0 Å². The standard InChI is InChI=1S/C18H17BrCl2N2O4/c1-10-7-12(19)3-5-15(10)26-9-17(24)22-23-18(25)11(2)27-16-6-4-13(20)8-14(16)21/h3-8,11H,9H2,1-2H3,(H,22,24)(H,23,25)/t11-/m0/s1. The number of ether oxygens (including phenoxy) is 2. The number of hydrogen-bond donors (Lipinski definition) is 2. The highest BCUT2D eigenvalue weighted by molar-refractivity contribution is 9.10. The first-order valence-corrected chi connectivity index (χ1v) is 9.40. The largest absolute Gasteiger partial charge is 0.483 e. The minimum atomic E-state index is -0.890. The minimum Gasteiger partial charge on any atom is -0.483 e. The van der Waals surface area contributed by atoms with Gasteiger partial charge in [0.15, 0.2) is 12.7 Å². The number of carbonyl (C=O) groups is 2. The fourth-order valence-corrected chi connectivity index (χ4v) is 2.93. The molecule has 0 heterocycles. The van der Waals surface area contributed by atoms with Crippen LogP contribution in [0.4, 0.5) is 0 Å². The van der Waals surface area contributed by atoms with Crippen LogP contribution in [0, 0.1) is 6.92 Å². The van der Waals surface area contributed by atoms with Gasteiger partial charge in [0.05, 0.1) is 5.02 Å². The second-order valence-corrected chi connectivity index (χ2v) is 7.33. The number of aryl methyl sites for hydroxylation is 1. The van der Waals surface area contributed by atoms with Gasteiger partial charge in [0.2, 0.25) is 0 Å². The van der Waals surface area contributed by atoms with Gasteiger partial charge in [-0.1, -0.05) is 39.1 Å². The van der Waals surface area contributed by atoms with Gasteiger partial charge in [-0.05, 0) is 55.8 Å². The van der Waals surface area contributed by atoms with E-state index in [0.717, 1.165) is 10.0 Å². The summed E-state index contributed by atoms with van der Waals surface area (Å²) in [5, 5.41) is 0.738. The topological polar surface area (TPSA) is 76.7 Å². The summed E-state index contributed by atoms with van der Waals surface area (Å²) < 4.78 is 11.8. The van der Waals surface area contributed by atoms with Gasteiger partial charge in [0, 0.05) is 9.50 Å². The van der Waals surface area contributed by atoms with E-state index in [4.69, 9.17) is 32.7 Å². The van der Waals surface area contributed by atoms with E-state index < -0.39 is 17.9 Å². The van der Waals surface area contributed by atoms with Crippen LogP contribution in [0.1, 0.15) is 12.5 Å². The maximum Gasteiger partial charge on any atom is 0.279 e. The van der Waals surface area contributed by atoms with E-state index in [1.165, 1.54) is 13.0 Å². The number of hydrazine groups is 1. The van der Waals surface area contributed by atoms with Crippen molar-refractivity contribution in [3.8, 4) is 11.5 Å². The molecule has 27 heavy (non-hydrogen) atoms. The molecule has 1 atom stereocenters. The number of benzene rings is 2. The highest BCUT2D eigenvalue weighted by atomic mass is 79.9. The number of nitrogens with one attached hydrogen (secondary N) is 2. The molecule has 0 saturated carbocycles. The lowest BCUT2D eigenvalue weighted by Crippen LogP contribution is -2.48. The van der Waals surface area contributed by atoms with Crippen LogP contribution in [0.25, 0.3) is 0 Å². The van der Waals surface area contributed by atoms with Crippen LogP contribution >= 0.6 is 39.1 Å². The number of rotatable bonds is 6. The zero-order valence-corrected chi connectivity index (χ0v) is 17.6. The van der Waals surface area contributed by atoms with Crippen molar-refractivity contribution in [2.75, 3.05) is 6.61 Å². The Labute approximate surface area is 175 Å². The molecular weight excluding hydrogens is 459 g/mol. The number of carbonyl (C=O) groups excluding carboxylic acids is 2. The van der Waals surface area contributed by atoms with Crippen molar-refractivity contribution >= 4 is 50.9 Å². The molecule has 2 aromatic rings. The molecule has 0 bridgehead atoms. The Morgan fingerprint density at radius 1 is 1.11 bits per heavy atom. The van der Waals surface area contributed by atoms with Crippen molar-refractivity contribution < 1.29 is 19.1 Å². The van der Waals surface area contributed by atoms with Crippen molar-refractivity contribution in [1.82, 2.24) is 10.9 Å². The van der Waals surface area contributed by atoms with E-state index >= 15 is 0 Å². The quantitative estimate of drug-likeness (QED) is 0.617. The van der Waals surface area contributed by atoms with Gasteiger partial charge in [-0.25, -0.2) is 0 Å². The summed E-state index contributed by atoms with van der Waals surface area (Å²) in [6, 6.07) is 10.1. The molecule has 0 spiro atoms. The zero-order chi connectivity index (χ0) is 20.0. The zero-order valence-electron chi connectivity index (χ0n) is 14.5. The lowest BCUT2D eigenvalue weighted by molar-refractivity contribution is -0.133. The first-order chi connectivity index (χ1) is 12.8. The van der Waals surface area contributed by atoms with Gasteiger partial charge in [-0.3, -0.25) is 20.4 Å². The fraction of sp³-hybridized carbons (Fsp3) is 0.222. The van der Waals surface area contributed by atoms with Crippen molar-refractivity contribution in [1.29, 1.82) is 0 Å². The predicted molar refractivity (Wildman–Crippen MR) is 107 cm³/mol. The Hall–Kier alpha value is -1.96. The Morgan fingerprint density at radius 2 is 1.81 bits per heavy atom. The summed E-state index contributed by atoms with van der Waals surface area (Å²) in [5.41, 5.74) is 5.42. The Balaban J connectivity index is 1.79. The molecule has 9 heteroatoms. The third-order valence-corrected chi connectivity index (χ3v) is 4.41. The summed E-state index contributed by atoms with van der Waals surface area (Å²) >= 11 is 15.2. The second kappa shape index (κ2) is 9.82. The molecule has 2 rings (SSSR count). The number of amides is 2. The molecule has 6 nitrogen and oxygen atoms in total. The molecule has 2 amide bonds. The monoisotopic (exact) mass is 474 g/mol. The SMILES string of the molecule is Cc1cc(Br)ccc1OCC(=O)NNC(=O)[C@H](C)Oc1ccc(Cl)cc1Cl. The second-order valence-electron chi connectivity index (χ2n) is 5.57. The normalized spacial score (nSPS) is 11.4. The van der Waals surface area contributed by atoms with Crippen molar-refractivity contribution in [2.45, 2.75) is 20.0 Å². The van der Waals surface area contributed by atoms with Gasteiger partial charge in [0.25, 0.3) is 11.8 Å². The first-order valence-electron chi connectivity index (χ1n) is 7.85. The molecule has 0 unspecified atom stereocenters. The predicted octanol–water partition coefficient (Wildman–Crippen LogP) is 4.06. The van der Waals surface area contributed by atoms with Gasteiger partial charge in [-0.2, -0.15) is 0 Å². The molecule has 0 fully saturated rings. The molecule has 0 aliphatic carbocycles. The van der Waals surface area contributed by atoms with Crippen LogP contribution in [0.5, 0.6) is 11.5 Å². The smallest absolute Gasteiger partial charge is 0.279 e. The molecule has 2 aromatic carbocycles. The molecule has 0 aliphatic heterocycles. The first kappa shape index (κ1) is 21.3. The summed E-state index contributed by atoms with van der Waals surface area (Å²) in [6.45, 7) is 3.13. The highest BCUT2D eigenvalue weighted by Crippen LogP contribution is 2.28. The van der Waals surface area contributed by atoms with Crippen LogP contribution < -0.4 is 20.3 Å². The molecule has 0 aliphatic rings. The van der Waals surface area contributed by atoms with Gasteiger partial charge in [0.1, 0.15) is 11.5 Å². The summed E-state index contributed by atoms with van der Waals surface area (Å²) in [4.78, 5) is 23.9.